The summed E-state index contributed by atoms with van der Waals surface area (Å²) in [6, 6.07) is 9.70. The Kier molecular flexibility index (Phi) is 7.04. The van der Waals surface area contributed by atoms with Crippen LogP contribution in [0, 0.1) is 6.92 Å². The van der Waals surface area contributed by atoms with Crippen LogP contribution in [-0.2, 0) is 0 Å². The topological polar surface area (TPSA) is 98.0 Å². The third-order valence-electron chi connectivity index (χ3n) is 5.20. The Balaban J connectivity index is 1.66. The zero-order chi connectivity index (χ0) is 24.2. The third-order valence-corrected chi connectivity index (χ3v) is 5.59. The zero-order valence-electron chi connectivity index (χ0n) is 20.0. The molecule has 0 bridgehead atoms. The van der Waals surface area contributed by atoms with E-state index in [1.807, 2.05) is 77.5 Å². The normalized spacial score (nSPS) is 11.6. The van der Waals surface area contributed by atoms with Gasteiger partial charge in [-0.15, -0.1) is 0 Å². The van der Waals surface area contributed by atoms with E-state index < -0.39 is 0 Å². The molecule has 0 atom stereocenters. The Morgan fingerprint density at radius 1 is 1.09 bits per heavy atom. The first kappa shape index (κ1) is 23.6. The van der Waals surface area contributed by atoms with Gasteiger partial charge in [0.25, 0.3) is 0 Å². The minimum atomic E-state index is 0.189. The molecular formula is C24H29ClN8O. The molecule has 0 amide bonds. The Morgan fingerprint density at radius 3 is 2.68 bits per heavy atom. The molecule has 0 saturated carbocycles. The average Bonchev–Trinajstić information content (AvgIpc) is 3.40. The lowest BCUT2D eigenvalue weighted by Gasteiger charge is -2.21. The van der Waals surface area contributed by atoms with Crippen LogP contribution in [0.5, 0.6) is 11.8 Å². The summed E-state index contributed by atoms with van der Waals surface area (Å²) in [6.45, 7) is 5.60. The highest BCUT2D eigenvalue weighted by Crippen LogP contribution is 2.36. The number of ether oxygens (including phenoxy) is 1. The maximum Gasteiger partial charge on any atom is 0.325 e. The summed E-state index contributed by atoms with van der Waals surface area (Å²) in [5.74, 6) is 2.41. The Morgan fingerprint density at radius 2 is 1.91 bits per heavy atom. The monoisotopic (exact) mass is 480 g/mol. The van der Waals surface area contributed by atoms with Crippen LogP contribution in [0.3, 0.4) is 0 Å². The number of aromatic nitrogens is 5. The van der Waals surface area contributed by atoms with Gasteiger partial charge in [-0.25, -0.2) is 0 Å². The van der Waals surface area contributed by atoms with Crippen LogP contribution >= 0.6 is 11.6 Å². The lowest BCUT2D eigenvalue weighted by Crippen LogP contribution is -2.29. The maximum absolute atomic E-state index is 6.64. The summed E-state index contributed by atoms with van der Waals surface area (Å²) >= 11 is 6.64. The first-order valence-electron chi connectivity index (χ1n) is 11.0. The van der Waals surface area contributed by atoms with Crippen molar-refractivity contribution in [2.75, 3.05) is 44.4 Å². The summed E-state index contributed by atoms with van der Waals surface area (Å²) < 4.78 is 6.08. The molecule has 1 aromatic carbocycles. The molecule has 4 rings (SSSR count). The largest absolute Gasteiger partial charge is 0.423 e. The van der Waals surface area contributed by atoms with Gasteiger partial charge in [-0.2, -0.15) is 15.1 Å². The highest BCUT2D eigenvalue weighted by Gasteiger charge is 2.15. The second-order valence-electron chi connectivity index (χ2n) is 8.35. The molecule has 0 fully saturated rings. The van der Waals surface area contributed by atoms with Crippen molar-refractivity contribution in [2.24, 2.45) is 0 Å². The first-order chi connectivity index (χ1) is 16.3. The number of rotatable bonds is 9. The quantitative estimate of drug-likeness (QED) is 0.302. The SMILES string of the molecule is C/C=C/c1cc(Nc2cc(N(C)CCN(C)C)nc(Oc3ccc4[nH]c(C)cc4c3Cl)n2)n[nH]1. The molecule has 34 heavy (non-hydrogen) atoms. The number of benzene rings is 1. The van der Waals surface area contributed by atoms with Crippen molar-refractivity contribution in [3.8, 4) is 11.8 Å². The number of hydrogen-bond acceptors (Lipinski definition) is 7. The number of aryl methyl sites for hydroxylation is 1. The van der Waals surface area contributed by atoms with Gasteiger partial charge in [0, 0.05) is 48.9 Å². The number of aromatic amines is 2. The van der Waals surface area contributed by atoms with E-state index in [0.717, 1.165) is 35.4 Å². The van der Waals surface area contributed by atoms with E-state index in [2.05, 4.69) is 40.3 Å². The van der Waals surface area contributed by atoms with Gasteiger partial charge in [-0.1, -0.05) is 17.7 Å². The molecule has 0 aliphatic rings. The summed E-state index contributed by atoms with van der Waals surface area (Å²) in [5.41, 5.74) is 2.86. The molecule has 3 N–H and O–H groups in total. The van der Waals surface area contributed by atoms with Crippen molar-refractivity contribution < 1.29 is 4.74 Å². The lowest BCUT2D eigenvalue weighted by atomic mass is 10.2. The average molecular weight is 481 g/mol. The van der Waals surface area contributed by atoms with Crippen LogP contribution in [0.15, 0.2) is 36.4 Å². The molecule has 10 heteroatoms. The van der Waals surface area contributed by atoms with Crippen LogP contribution in [0.25, 0.3) is 17.0 Å². The van der Waals surface area contributed by atoms with Gasteiger partial charge < -0.3 is 24.8 Å². The van der Waals surface area contributed by atoms with Crippen LogP contribution in [0.2, 0.25) is 5.02 Å². The van der Waals surface area contributed by atoms with Crippen LogP contribution in [0.1, 0.15) is 18.3 Å². The van der Waals surface area contributed by atoms with Crippen molar-refractivity contribution in [1.82, 2.24) is 30.0 Å². The van der Waals surface area contributed by atoms with E-state index in [1.165, 1.54) is 0 Å². The number of nitrogens with zero attached hydrogens (tertiary/aromatic N) is 5. The van der Waals surface area contributed by atoms with Gasteiger partial charge in [0.15, 0.2) is 5.82 Å². The van der Waals surface area contributed by atoms with Crippen molar-refractivity contribution in [1.29, 1.82) is 0 Å². The molecule has 178 valence electrons. The molecule has 0 aliphatic heterocycles. The number of nitrogens with one attached hydrogen (secondary N) is 3. The van der Waals surface area contributed by atoms with Crippen molar-refractivity contribution in [2.45, 2.75) is 13.8 Å². The molecule has 0 saturated heterocycles. The second-order valence-corrected chi connectivity index (χ2v) is 8.72. The number of likely N-dealkylation sites (N-methyl/N-ethyl adjacent to an activating group) is 2. The molecule has 3 aromatic heterocycles. The van der Waals surface area contributed by atoms with Crippen molar-refractivity contribution in [3.05, 3.63) is 52.8 Å². The van der Waals surface area contributed by atoms with Crippen molar-refractivity contribution >= 4 is 46.0 Å². The number of hydrogen-bond donors (Lipinski definition) is 3. The van der Waals surface area contributed by atoms with Crippen molar-refractivity contribution in [3.63, 3.8) is 0 Å². The van der Waals surface area contributed by atoms with E-state index in [4.69, 9.17) is 16.3 Å². The Hall–Kier alpha value is -3.56. The summed E-state index contributed by atoms with van der Waals surface area (Å²) in [4.78, 5) is 16.7. The number of allylic oxidation sites excluding steroid dienone is 1. The lowest BCUT2D eigenvalue weighted by molar-refractivity contribution is 0.415. The molecule has 9 nitrogen and oxygen atoms in total. The Labute approximate surface area is 203 Å². The number of fused-ring (bicyclic) bond motifs is 1. The standard InChI is InChI=1S/C24H29ClN8O/c1-6-7-16-13-21(31-30-16)27-20-14-22(33(5)11-10-32(3)4)29-24(28-20)34-19-9-8-18-17(23(19)25)12-15(2)26-18/h6-9,12-14,26H,10-11H2,1-5H3,(H2,27,28,29,30,31)/b7-6+. The maximum atomic E-state index is 6.64. The van der Waals surface area contributed by atoms with Gasteiger partial charge in [0.1, 0.15) is 17.4 Å². The van der Waals surface area contributed by atoms with Gasteiger partial charge in [0.05, 0.1) is 10.7 Å². The molecule has 0 radical (unpaired) electrons. The molecule has 4 aromatic rings. The predicted molar refractivity (Wildman–Crippen MR) is 139 cm³/mol. The minimum absolute atomic E-state index is 0.189. The molecule has 3 heterocycles. The fraction of sp³-hybridized carbons (Fsp3) is 0.292. The fourth-order valence-corrected chi connectivity index (χ4v) is 3.70. The predicted octanol–water partition coefficient (Wildman–Crippen LogP) is 5.21. The molecule has 0 unspecified atom stereocenters. The first-order valence-corrected chi connectivity index (χ1v) is 11.4. The zero-order valence-corrected chi connectivity index (χ0v) is 20.7. The number of H-pyrrole nitrogens is 2. The number of anilines is 3. The van der Waals surface area contributed by atoms with E-state index in [9.17, 15) is 0 Å². The summed E-state index contributed by atoms with van der Waals surface area (Å²) in [7, 11) is 6.06. The Bertz CT molecular complexity index is 1310. The summed E-state index contributed by atoms with van der Waals surface area (Å²) in [6.07, 6.45) is 3.88. The van der Waals surface area contributed by atoms with E-state index in [-0.39, 0.29) is 6.01 Å². The van der Waals surface area contributed by atoms with Gasteiger partial charge in [-0.05, 0) is 52.2 Å². The highest BCUT2D eigenvalue weighted by atomic mass is 35.5. The van der Waals surface area contributed by atoms with Crippen LogP contribution < -0.4 is 15.0 Å². The third kappa shape index (κ3) is 5.49. The van der Waals surface area contributed by atoms with Gasteiger partial charge in [-0.3, -0.25) is 5.10 Å². The van der Waals surface area contributed by atoms with Crippen LogP contribution in [0.4, 0.5) is 17.5 Å². The summed E-state index contributed by atoms with van der Waals surface area (Å²) in [5, 5.41) is 11.9. The molecule has 0 spiro atoms. The fourth-order valence-electron chi connectivity index (χ4n) is 3.44. The van der Waals surface area contributed by atoms with Gasteiger partial charge >= 0.3 is 6.01 Å². The smallest absolute Gasteiger partial charge is 0.325 e. The van der Waals surface area contributed by atoms with E-state index >= 15 is 0 Å². The van der Waals surface area contributed by atoms with Crippen LogP contribution in [-0.4, -0.2) is 64.3 Å². The molecular weight excluding hydrogens is 452 g/mol. The van der Waals surface area contributed by atoms with E-state index in [0.29, 0.717) is 28.2 Å². The van der Waals surface area contributed by atoms with Gasteiger partial charge in [0.2, 0.25) is 0 Å². The highest BCUT2D eigenvalue weighted by molar-refractivity contribution is 6.37. The second kappa shape index (κ2) is 10.1. The number of halogens is 1. The molecule has 0 aliphatic carbocycles. The van der Waals surface area contributed by atoms with E-state index in [1.54, 1.807) is 0 Å². The minimum Gasteiger partial charge on any atom is -0.423 e.